The number of hydrogen-bond acceptors (Lipinski definition) is 1. The Labute approximate surface area is 109 Å². The molecule has 0 N–H and O–H groups in total. The number of hydrogen-bond donors (Lipinski definition) is 0. The van der Waals surface area contributed by atoms with E-state index >= 15 is 0 Å². The first kappa shape index (κ1) is 13.6. The number of unbranched alkanes of at least 4 members (excludes halogenated alkanes) is 1. The van der Waals surface area contributed by atoms with Crippen molar-refractivity contribution in [1.29, 1.82) is 0 Å². The Morgan fingerprint density at radius 2 is 1.84 bits per heavy atom. The summed E-state index contributed by atoms with van der Waals surface area (Å²) in [5.74, 6) is 0.376. The summed E-state index contributed by atoms with van der Waals surface area (Å²) in [6.45, 7) is 2.55. The van der Waals surface area contributed by atoms with Crippen molar-refractivity contribution in [3.63, 3.8) is 0 Å². The van der Waals surface area contributed by atoms with Gasteiger partial charge in [-0.3, -0.25) is 0 Å². The molecule has 0 atom stereocenters. The summed E-state index contributed by atoms with van der Waals surface area (Å²) in [6, 6.07) is 8.95. The number of aryl methyl sites for hydroxylation is 1. The fourth-order valence-corrected chi connectivity index (χ4v) is 1.87. The number of rotatable bonds is 4. The maximum absolute atomic E-state index is 12.7. The molecule has 1 aromatic carbocycles. The first-order valence-corrected chi connectivity index (χ1v) is 6.22. The Morgan fingerprint density at radius 3 is 2.42 bits per heavy atom. The van der Waals surface area contributed by atoms with Gasteiger partial charge in [-0.2, -0.15) is 13.2 Å². The van der Waals surface area contributed by atoms with Crippen LogP contribution in [0.2, 0.25) is 0 Å². The van der Waals surface area contributed by atoms with Gasteiger partial charge < -0.3 is 4.57 Å². The second kappa shape index (κ2) is 5.47. The van der Waals surface area contributed by atoms with Gasteiger partial charge in [0.15, 0.2) is 5.69 Å². The van der Waals surface area contributed by atoms with Crippen molar-refractivity contribution in [2.75, 3.05) is 0 Å². The van der Waals surface area contributed by atoms with Gasteiger partial charge in [-0.15, -0.1) is 0 Å². The molecule has 0 saturated heterocycles. The van der Waals surface area contributed by atoms with Crippen LogP contribution < -0.4 is 0 Å². The first-order chi connectivity index (χ1) is 9.02. The van der Waals surface area contributed by atoms with Crippen LogP contribution >= 0.6 is 0 Å². The molecular weight excluding hydrogens is 253 g/mol. The normalized spacial score (nSPS) is 11.8. The van der Waals surface area contributed by atoms with Gasteiger partial charge in [0.2, 0.25) is 0 Å². The van der Waals surface area contributed by atoms with E-state index in [1.165, 1.54) is 0 Å². The smallest absolute Gasteiger partial charge is 0.330 e. The van der Waals surface area contributed by atoms with Crippen LogP contribution in [-0.2, 0) is 12.7 Å². The minimum atomic E-state index is -4.40. The van der Waals surface area contributed by atoms with E-state index in [-0.39, 0.29) is 0 Å². The quantitative estimate of drug-likeness (QED) is 0.805. The van der Waals surface area contributed by atoms with Gasteiger partial charge in [0.25, 0.3) is 0 Å². The van der Waals surface area contributed by atoms with Crippen molar-refractivity contribution in [2.45, 2.75) is 32.5 Å². The maximum atomic E-state index is 12.7. The predicted molar refractivity (Wildman–Crippen MR) is 67.6 cm³/mol. The molecule has 0 spiro atoms. The number of aromatic nitrogens is 2. The van der Waals surface area contributed by atoms with Crippen molar-refractivity contribution in [1.82, 2.24) is 9.55 Å². The molecule has 1 aromatic heterocycles. The van der Waals surface area contributed by atoms with Crippen molar-refractivity contribution < 1.29 is 13.2 Å². The summed E-state index contributed by atoms with van der Waals surface area (Å²) < 4.78 is 39.8. The van der Waals surface area contributed by atoms with Crippen LogP contribution in [0, 0.1) is 0 Å². The molecule has 0 aliphatic rings. The average Bonchev–Trinajstić information content (AvgIpc) is 2.81. The van der Waals surface area contributed by atoms with E-state index in [0.717, 1.165) is 19.0 Å². The number of nitrogens with zero attached hydrogens (tertiary/aromatic N) is 2. The van der Waals surface area contributed by atoms with Gasteiger partial charge in [-0.1, -0.05) is 43.7 Å². The Hall–Kier alpha value is -1.78. The highest BCUT2D eigenvalue weighted by Crippen LogP contribution is 2.31. The Kier molecular flexibility index (Phi) is 3.93. The molecule has 5 heteroatoms. The van der Waals surface area contributed by atoms with Crippen LogP contribution in [0.4, 0.5) is 13.2 Å². The second-order valence-electron chi connectivity index (χ2n) is 4.36. The third-order valence-corrected chi connectivity index (χ3v) is 2.85. The molecule has 0 aliphatic heterocycles. The minimum absolute atomic E-state index is 0.376. The van der Waals surface area contributed by atoms with Crippen molar-refractivity contribution in [3.8, 4) is 11.4 Å². The molecule has 2 rings (SSSR count). The summed E-state index contributed by atoms with van der Waals surface area (Å²) in [6.07, 6.45) is -1.56. The van der Waals surface area contributed by atoms with E-state index in [4.69, 9.17) is 0 Å². The fourth-order valence-electron chi connectivity index (χ4n) is 1.87. The summed E-state index contributed by atoms with van der Waals surface area (Å²) >= 11 is 0. The topological polar surface area (TPSA) is 17.8 Å². The second-order valence-corrected chi connectivity index (χ2v) is 4.36. The standard InChI is InChI=1S/C14H15F3N2/c1-2-3-9-19-10-12(14(15,16)17)18-13(19)11-7-5-4-6-8-11/h4-8,10H,2-3,9H2,1H3. The largest absolute Gasteiger partial charge is 0.434 e. The van der Waals surface area contributed by atoms with Gasteiger partial charge in [-0.25, -0.2) is 4.98 Å². The summed E-state index contributed by atoms with van der Waals surface area (Å²) in [4.78, 5) is 3.74. The number of alkyl halides is 3. The predicted octanol–water partition coefficient (Wildman–Crippen LogP) is 4.37. The van der Waals surface area contributed by atoms with Crippen LogP contribution in [0.1, 0.15) is 25.5 Å². The number of halogens is 3. The molecule has 0 saturated carbocycles. The van der Waals surface area contributed by atoms with Crippen LogP contribution in [0.3, 0.4) is 0 Å². The molecule has 0 amide bonds. The molecule has 102 valence electrons. The summed E-state index contributed by atoms with van der Waals surface area (Å²) in [7, 11) is 0. The third kappa shape index (κ3) is 3.16. The van der Waals surface area contributed by atoms with E-state index in [9.17, 15) is 13.2 Å². The van der Waals surface area contributed by atoms with Crippen molar-refractivity contribution in [3.05, 3.63) is 42.2 Å². The third-order valence-electron chi connectivity index (χ3n) is 2.85. The van der Waals surface area contributed by atoms with E-state index in [2.05, 4.69) is 4.98 Å². The van der Waals surface area contributed by atoms with Gasteiger partial charge >= 0.3 is 6.18 Å². The van der Waals surface area contributed by atoms with E-state index in [1.807, 2.05) is 13.0 Å². The zero-order valence-electron chi connectivity index (χ0n) is 10.6. The lowest BCUT2D eigenvalue weighted by Crippen LogP contribution is -2.05. The van der Waals surface area contributed by atoms with Gasteiger partial charge in [-0.05, 0) is 6.42 Å². The molecule has 0 radical (unpaired) electrons. The zero-order chi connectivity index (χ0) is 13.9. The highest BCUT2D eigenvalue weighted by atomic mass is 19.4. The molecule has 19 heavy (non-hydrogen) atoms. The molecule has 0 unspecified atom stereocenters. The van der Waals surface area contributed by atoms with Gasteiger partial charge in [0, 0.05) is 18.3 Å². The van der Waals surface area contributed by atoms with E-state index < -0.39 is 11.9 Å². The lowest BCUT2D eigenvalue weighted by molar-refractivity contribution is -0.140. The Morgan fingerprint density at radius 1 is 1.16 bits per heavy atom. The van der Waals surface area contributed by atoms with Crippen LogP contribution in [0.25, 0.3) is 11.4 Å². The van der Waals surface area contributed by atoms with Crippen molar-refractivity contribution >= 4 is 0 Å². The molecule has 1 heterocycles. The highest BCUT2D eigenvalue weighted by Gasteiger charge is 2.34. The van der Waals surface area contributed by atoms with Crippen LogP contribution in [0.5, 0.6) is 0 Å². The SMILES string of the molecule is CCCCn1cc(C(F)(F)F)nc1-c1ccccc1. The molecule has 2 aromatic rings. The van der Waals surface area contributed by atoms with Crippen LogP contribution in [0.15, 0.2) is 36.5 Å². The first-order valence-electron chi connectivity index (χ1n) is 6.22. The van der Waals surface area contributed by atoms with E-state index in [1.54, 1.807) is 28.8 Å². The van der Waals surface area contributed by atoms with Crippen molar-refractivity contribution in [2.24, 2.45) is 0 Å². The molecule has 2 nitrogen and oxygen atoms in total. The monoisotopic (exact) mass is 268 g/mol. The average molecular weight is 268 g/mol. The summed E-state index contributed by atoms with van der Waals surface area (Å²) in [5.41, 5.74) is -0.128. The van der Waals surface area contributed by atoms with Gasteiger partial charge in [0.1, 0.15) is 5.82 Å². The number of imidazole rings is 1. The Balaban J connectivity index is 2.43. The van der Waals surface area contributed by atoms with Gasteiger partial charge in [0.05, 0.1) is 0 Å². The van der Waals surface area contributed by atoms with Crippen LogP contribution in [-0.4, -0.2) is 9.55 Å². The van der Waals surface area contributed by atoms with E-state index in [0.29, 0.717) is 17.9 Å². The number of benzene rings is 1. The zero-order valence-corrected chi connectivity index (χ0v) is 10.6. The molecular formula is C14H15F3N2. The highest BCUT2D eigenvalue weighted by molar-refractivity contribution is 5.55. The maximum Gasteiger partial charge on any atom is 0.434 e. The summed E-state index contributed by atoms with van der Waals surface area (Å²) in [5, 5.41) is 0. The lowest BCUT2D eigenvalue weighted by atomic mass is 10.2. The minimum Gasteiger partial charge on any atom is -0.330 e. The molecule has 0 aliphatic carbocycles. The molecule has 0 fully saturated rings. The fraction of sp³-hybridized carbons (Fsp3) is 0.357. The molecule has 0 bridgehead atoms. The Bertz CT molecular complexity index is 529. The lowest BCUT2D eigenvalue weighted by Gasteiger charge is -2.06.